The molecule has 0 saturated carbocycles. The van der Waals surface area contributed by atoms with Gasteiger partial charge in [-0.2, -0.15) is 0 Å². The van der Waals surface area contributed by atoms with Crippen molar-refractivity contribution in [3.05, 3.63) is 47.2 Å². The summed E-state index contributed by atoms with van der Waals surface area (Å²) in [5, 5.41) is 3.30. The lowest BCUT2D eigenvalue weighted by atomic mass is 10.1. The molecule has 31 heavy (non-hydrogen) atoms. The summed E-state index contributed by atoms with van der Waals surface area (Å²) in [6.07, 6.45) is 3.47. The van der Waals surface area contributed by atoms with E-state index < -0.39 is 10.0 Å². The van der Waals surface area contributed by atoms with Gasteiger partial charge in [-0.1, -0.05) is 6.07 Å². The normalized spacial score (nSPS) is 17.1. The SMILES string of the molecule is Cc1ccc(S(=O)(=O)Nc2cnc(N3CCNCC3)c(C(=O)N3CCCC3)c2)cc1C. The third-order valence-electron chi connectivity index (χ3n) is 5.95. The number of hydrogen-bond acceptors (Lipinski definition) is 6. The Morgan fingerprint density at radius 1 is 1.03 bits per heavy atom. The number of hydrogen-bond donors (Lipinski definition) is 2. The monoisotopic (exact) mass is 443 g/mol. The molecule has 8 nitrogen and oxygen atoms in total. The van der Waals surface area contributed by atoms with Crippen LogP contribution < -0.4 is 14.9 Å². The number of likely N-dealkylation sites (tertiary alicyclic amines) is 1. The van der Waals surface area contributed by atoms with E-state index in [-0.39, 0.29) is 10.8 Å². The molecule has 3 heterocycles. The molecule has 2 saturated heterocycles. The fourth-order valence-corrected chi connectivity index (χ4v) is 5.10. The predicted molar refractivity (Wildman–Crippen MR) is 121 cm³/mol. The molecule has 0 spiro atoms. The largest absolute Gasteiger partial charge is 0.353 e. The zero-order valence-electron chi connectivity index (χ0n) is 18.0. The number of amides is 1. The summed E-state index contributed by atoms with van der Waals surface area (Å²) in [6, 6.07) is 6.65. The Morgan fingerprint density at radius 2 is 1.74 bits per heavy atom. The van der Waals surface area contributed by atoms with Crippen molar-refractivity contribution in [2.24, 2.45) is 0 Å². The summed E-state index contributed by atoms with van der Waals surface area (Å²) in [6.45, 7) is 8.40. The van der Waals surface area contributed by atoms with Crippen LogP contribution in [0, 0.1) is 13.8 Å². The second-order valence-corrected chi connectivity index (χ2v) is 9.87. The molecule has 0 radical (unpaired) electrons. The molecular formula is C22H29N5O3S. The molecule has 1 amide bonds. The number of aromatic nitrogens is 1. The van der Waals surface area contributed by atoms with Crippen LogP contribution in [0.15, 0.2) is 35.4 Å². The van der Waals surface area contributed by atoms with Gasteiger partial charge >= 0.3 is 0 Å². The Kier molecular flexibility index (Phi) is 6.15. The first kappa shape index (κ1) is 21.6. The van der Waals surface area contributed by atoms with Crippen molar-refractivity contribution in [1.82, 2.24) is 15.2 Å². The number of anilines is 2. The summed E-state index contributed by atoms with van der Waals surface area (Å²) < 4.78 is 28.5. The predicted octanol–water partition coefficient (Wildman–Crippen LogP) is 2.14. The molecule has 1 aromatic carbocycles. The molecule has 2 aromatic rings. The molecule has 2 aliphatic rings. The number of sulfonamides is 1. The Hall–Kier alpha value is -2.65. The summed E-state index contributed by atoms with van der Waals surface area (Å²) in [4.78, 5) is 21.9. The van der Waals surface area contributed by atoms with Crippen LogP contribution in [0.1, 0.15) is 34.3 Å². The maximum absolute atomic E-state index is 13.2. The van der Waals surface area contributed by atoms with Crippen LogP contribution in [-0.2, 0) is 10.0 Å². The minimum absolute atomic E-state index is 0.0919. The molecule has 9 heteroatoms. The second kappa shape index (κ2) is 8.84. The average Bonchev–Trinajstić information content (AvgIpc) is 3.30. The summed E-state index contributed by atoms with van der Waals surface area (Å²) in [5.41, 5.74) is 2.67. The highest BCUT2D eigenvalue weighted by molar-refractivity contribution is 7.92. The molecule has 4 rings (SSSR count). The molecule has 2 fully saturated rings. The minimum atomic E-state index is -3.79. The summed E-state index contributed by atoms with van der Waals surface area (Å²) in [5.74, 6) is 0.526. The number of piperazine rings is 1. The van der Waals surface area contributed by atoms with E-state index in [0.29, 0.717) is 17.1 Å². The van der Waals surface area contributed by atoms with Crippen molar-refractivity contribution in [2.45, 2.75) is 31.6 Å². The van der Waals surface area contributed by atoms with Crippen LogP contribution in [0.25, 0.3) is 0 Å². The molecular weight excluding hydrogens is 414 g/mol. The average molecular weight is 444 g/mol. The highest BCUT2D eigenvalue weighted by Gasteiger charge is 2.27. The quantitative estimate of drug-likeness (QED) is 0.735. The fourth-order valence-electron chi connectivity index (χ4n) is 3.99. The number of benzene rings is 1. The van der Waals surface area contributed by atoms with Gasteiger partial charge in [0.2, 0.25) is 0 Å². The van der Waals surface area contributed by atoms with Crippen molar-refractivity contribution in [3.8, 4) is 0 Å². The van der Waals surface area contributed by atoms with Gasteiger partial charge in [-0.3, -0.25) is 9.52 Å². The van der Waals surface area contributed by atoms with E-state index in [9.17, 15) is 13.2 Å². The smallest absolute Gasteiger partial charge is 0.261 e. The molecule has 0 aliphatic carbocycles. The van der Waals surface area contributed by atoms with Crippen LogP contribution in [0.2, 0.25) is 0 Å². The highest BCUT2D eigenvalue weighted by atomic mass is 32.2. The first-order valence-corrected chi connectivity index (χ1v) is 12.2. The van der Waals surface area contributed by atoms with Gasteiger partial charge in [-0.25, -0.2) is 13.4 Å². The summed E-state index contributed by atoms with van der Waals surface area (Å²) in [7, 11) is -3.79. The van der Waals surface area contributed by atoms with Gasteiger partial charge in [0.05, 0.1) is 22.3 Å². The van der Waals surface area contributed by atoms with Gasteiger partial charge in [0.25, 0.3) is 15.9 Å². The molecule has 0 atom stereocenters. The van der Waals surface area contributed by atoms with Gasteiger partial charge in [0, 0.05) is 39.3 Å². The number of carbonyl (C=O) groups is 1. The minimum Gasteiger partial charge on any atom is -0.353 e. The molecule has 0 bridgehead atoms. The van der Waals surface area contributed by atoms with Crippen LogP contribution in [0.4, 0.5) is 11.5 Å². The van der Waals surface area contributed by atoms with E-state index in [0.717, 1.165) is 63.2 Å². The van der Waals surface area contributed by atoms with E-state index in [4.69, 9.17) is 0 Å². The maximum atomic E-state index is 13.2. The fraction of sp³-hybridized carbons (Fsp3) is 0.455. The standard InChI is InChI=1S/C22H29N5O3S/c1-16-5-6-19(13-17(16)2)31(29,30)25-18-14-20(22(28)27-9-3-4-10-27)21(24-15-18)26-11-7-23-8-12-26/h5-6,13-15,23,25H,3-4,7-12H2,1-2H3. The number of rotatable bonds is 5. The van der Waals surface area contributed by atoms with E-state index in [1.807, 2.05) is 18.7 Å². The van der Waals surface area contributed by atoms with Crippen LogP contribution in [-0.4, -0.2) is 63.5 Å². The van der Waals surface area contributed by atoms with Crippen molar-refractivity contribution >= 4 is 27.4 Å². The Labute approximate surface area is 183 Å². The van der Waals surface area contributed by atoms with Crippen LogP contribution in [0.5, 0.6) is 0 Å². The lowest BCUT2D eigenvalue weighted by Crippen LogP contribution is -2.45. The number of nitrogens with zero attached hydrogens (tertiary/aromatic N) is 3. The van der Waals surface area contributed by atoms with Crippen molar-refractivity contribution in [1.29, 1.82) is 0 Å². The summed E-state index contributed by atoms with van der Waals surface area (Å²) >= 11 is 0. The third-order valence-corrected chi connectivity index (χ3v) is 7.33. The van der Waals surface area contributed by atoms with Gasteiger partial charge in [-0.05, 0) is 56.0 Å². The molecule has 0 unspecified atom stereocenters. The van der Waals surface area contributed by atoms with Crippen molar-refractivity contribution in [3.63, 3.8) is 0 Å². The van der Waals surface area contributed by atoms with E-state index in [1.165, 1.54) is 6.20 Å². The first-order chi connectivity index (χ1) is 14.8. The second-order valence-electron chi connectivity index (χ2n) is 8.18. The van der Waals surface area contributed by atoms with E-state index in [1.54, 1.807) is 24.3 Å². The lowest BCUT2D eigenvalue weighted by molar-refractivity contribution is 0.0793. The Morgan fingerprint density at radius 3 is 2.42 bits per heavy atom. The van der Waals surface area contributed by atoms with Gasteiger partial charge in [0.15, 0.2) is 0 Å². The lowest BCUT2D eigenvalue weighted by Gasteiger charge is -2.30. The van der Waals surface area contributed by atoms with Crippen molar-refractivity contribution < 1.29 is 13.2 Å². The number of carbonyl (C=O) groups excluding carboxylic acids is 1. The zero-order chi connectivity index (χ0) is 22.0. The van der Waals surface area contributed by atoms with Crippen molar-refractivity contribution in [2.75, 3.05) is 48.9 Å². The zero-order valence-corrected chi connectivity index (χ0v) is 18.8. The number of aryl methyl sites for hydroxylation is 2. The molecule has 2 aliphatic heterocycles. The maximum Gasteiger partial charge on any atom is 0.261 e. The Balaban J connectivity index is 1.67. The van der Waals surface area contributed by atoms with Crippen LogP contribution in [0.3, 0.4) is 0 Å². The molecule has 2 N–H and O–H groups in total. The van der Waals surface area contributed by atoms with E-state index >= 15 is 0 Å². The third kappa shape index (κ3) is 4.67. The first-order valence-electron chi connectivity index (χ1n) is 10.7. The number of nitrogens with one attached hydrogen (secondary N) is 2. The van der Waals surface area contributed by atoms with Crippen LogP contribution >= 0.6 is 0 Å². The molecule has 1 aromatic heterocycles. The van der Waals surface area contributed by atoms with E-state index in [2.05, 4.69) is 19.9 Å². The van der Waals surface area contributed by atoms with Gasteiger partial charge in [0.1, 0.15) is 5.82 Å². The van der Waals surface area contributed by atoms with Gasteiger partial charge in [-0.15, -0.1) is 0 Å². The van der Waals surface area contributed by atoms with Gasteiger partial charge < -0.3 is 15.1 Å². The Bertz CT molecular complexity index is 1070. The number of pyridine rings is 1. The molecule has 166 valence electrons. The highest BCUT2D eigenvalue weighted by Crippen LogP contribution is 2.26. The topological polar surface area (TPSA) is 94.6 Å².